The largest absolute Gasteiger partial charge is 0.457 e. The molecular weight excluding hydrogens is 770 g/mol. The summed E-state index contributed by atoms with van der Waals surface area (Å²) in [6, 6.07) is 6.82. The lowest BCUT2D eigenvalue weighted by Crippen LogP contribution is -2.78. The highest BCUT2D eigenvalue weighted by molar-refractivity contribution is 5.89. The summed E-state index contributed by atoms with van der Waals surface area (Å²) in [5.41, 5.74) is -7.88. The fourth-order valence-corrected chi connectivity index (χ4v) is 9.99. The second-order valence-corrected chi connectivity index (χ2v) is 18.7. The number of carbonyl (C=O) groups excluding carboxylic acids is 5. The van der Waals surface area contributed by atoms with E-state index in [9.17, 15) is 44.4 Å². The Balaban J connectivity index is 1.73. The van der Waals surface area contributed by atoms with Gasteiger partial charge in [-0.05, 0) is 77.2 Å². The minimum atomic E-state index is -1.99. The van der Waals surface area contributed by atoms with Gasteiger partial charge in [0.2, 0.25) is 0 Å². The molecule has 328 valence electrons. The SMILES string of the molecule is CC(=O)O[C@H]1C2=C(C)[C@@H](OC(=O)C(O)[C@H](CC(C)C)NC(=O)OC(C)(C)C)C[C@@]2(C(C)(C)O)[C@@H](OC(=O)c2ccccc2)[C@@H]2[C@]3(OC(C)=O)CO[C@@H]3C[C@H](O)[C@@]2(C)[C@H]1O. The van der Waals surface area contributed by atoms with Crippen LogP contribution in [0.2, 0.25) is 0 Å². The first-order chi connectivity index (χ1) is 27.2. The fourth-order valence-electron chi connectivity index (χ4n) is 9.99. The van der Waals surface area contributed by atoms with Crippen LogP contribution in [0, 0.1) is 22.7 Å². The molecule has 59 heavy (non-hydrogen) atoms. The molecule has 1 aromatic carbocycles. The number of hydrogen-bond donors (Lipinski definition) is 5. The number of nitrogens with one attached hydrogen (secondary N) is 1. The molecule has 0 radical (unpaired) electrons. The van der Waals surface area contributed by atoms with Gasteiger partial charge in [-0.2, -0.15) is 0 Å². The Labute approximate surface area is 344 Å². The van der Waals surface area contributed by atoms with Crippen molar-refractivity contribution in [2.45, 2.75) is 161 Å². The first-order valence-electron chi connectivity index (χ1n) is 20.1. The van der Waals surface area contributed by atoms with Crippen molar-refractivity contribution in [3.8, 4) is 0 Å². The number of fused-ring (bicyclic) bond motifs is 4. The molecule has 3 fully saturated rings. The number of aliphatic hydroxyl groups excluding tert-OH is 3. The minimum Gasteiger partial charge on any atom is -0.457 e. The summed E-state index contributed by atoms with van der Waals surface area (Å²) in [5, 5.41) is 51.5. The van der Waals surface area contributed by atoms with E-state index < -0.39 is 112 Å². The van der Waals surface area contributed by atoms with Crippen molar-refractivity contribution in [2.24, 2.45) is 22.7 Å². The van der Waals surface area contributed by atoms with E-state index in [0.29, 0.717) is 0 Å². The van der Waals surface area contributed by atoms with Gasteiger partial charge in [-0.1, -0.05) is 39.0 Å². The Morgan fingerprint density at radius 1 is 0.966 bits per heavy atom. The lowest BCUT2D eigenvalue weighted by molar-refractivity contribution is -0.351. The van der Waals surface area contributed by atoms with Crippen LogP contribution in [0.1, 0.15) is 106 Å². The Morgan fingerprint density at radius 2 is 1.59 bits per heavy atom. The van der Waals surface area contributed by atoms with Crippen molar-refractivity contribution in [1.82, 2.24) is 5.32 Å². The molecule has 4 aliphatic rings. The summed E-state index contributed by atoms with van der Waals surface area (Å²) in [4.78, 5) is 67.2. The van der Waals surface area contributed by atoms with Gasteiger partial charge in [0.15, 0.2) is 17.8 Å². The highest BCUT2D eigenvalue weighted by Gasteiger charge is 2.79. The predicted octanol–water partition coefficient (Wildman–Crippen LogP) is 3.30. The highest BCUT2D eigenvalue weighted by atomic mass is 16.6. The van der Waals surface area contributed by atoms with E-state index in [1.807, 2.05) is 13.8 Å². The number of benzene rings is 1. The Kier molecular flexibility index (Phi) is 12.8. The van der Waals surface area contributed by atoms with Crippen LogP contribution < -0.4 is 5.32 Å². The molecule has 0 spiro atoms. The van der Waals surface area contributed by atoms with Crippen molar-refractivity contribution in [3.63, 3.8) is 0 Å². The third-order valence-electron chi connectivity index (χ3n) is 12.6. The molecule has 0 bridgehead atoms. The molecule has 1 aliphatic heterocycles. The van der Waals surface area contributed by atoms with Crippen LogP contribution in [0.4, 0.5) is 4.79 Å². The average molecular weight is 832 g/mol. The molecule has 16 nitrogen and oxygen atoms in total. The quantitative estimate of drug-likeness (QED) is 0.122. The van der Waals surface area contributed by atoms with Crippen molar-refractivity contribution in [2.75, 3.05) is 6.61 Å². The molecule has 5 N–H and O–H groups in total. The molecule has 1 amide bonds. The molecule has 2 saturated carbocycles. The lowest BCUT2D eigenvalue weighted by Gasteiger charge is -2.65. The number of hydrogen-bond acceptors (Lipinski definition) is 15. The molecule has 1 heterocycles. The van der Waals surface area contributed by atoms with Gasteiger partial charge in [0.25, 0.3) is 0 Å². The normalized spacial score (nSPS) is 33.8. The summed E-state index contributed by atoms with van der Waals surface area (Å²) in [7, 11) is 0. The predicted molar refractivity (Wildman–Crippen MR) is 208 cm³/mol. The number of ether oxygens (including phenoxy) is 6. The van der Waals surface area contributed by atoms with Gasteiger partial charge >= 0.3 is 30.0 Å². The molecule has 1 unspecified atom stereocenters. The van der Waals surface area contributed by atoms with Crippen LogP contribution >= 0.6 is 0 Å². The summed E-state index contributed by atoms with van der Waals surface area (Å²) in [6.45, 7) is 16.7. The number of alkyl carbamates (subject to hydrolysis) is 1. The van der Waals surface area contributed by atoms with Crippen molar-refractivity contribution in [3.05, 3.63) is 47.0 Å². The van der Waals surface area contributed by atoms with Gasteiger partial charge in [-0.15, -0.1) is 0 Å². The van der Waals surface area contributed by atoms with E-state index in [0.717, 1.165) is 6.92 Å². The van der Waals surface area contributed by atoms with E-state index in [2.05, 4.69) is 5.32 Å². The first-order valence-corrected chi connectivity index (χ1v) is 20.1. The van der Waals surface area contributed by atoms with Crippen LogP contribution in [0.5, 0.6) is 0 Å². The molecule has 3 aliphatic carbocycles. The van der Waals surface area contributed by atoms with Gasteiger partial charge in [0.05, 0.1) is 41.3 Å². The second-order valence-electron chi connectivity index (χ2n) is 18.7. The van der Waals surface area contributed by atoms with E-state index >= 15 is 0 Å². The number of esters is 4. The van der Waals surface area contributed by atoms with Gasteiger partial charge in [-0.3, -0.25) is 9.59 Å². The molecule has 1 aromatic rings. The maximum Gasteiger partial charge on any atom is 0.407 e. The van der Waals surface area contributed by atoms with Crippen molar-refractivity contribution >= 4 is 30.0 Å². The average Bonchev–Trinajstić information content (AvgIpc) is 3.37. The molecule has 1 saturated heterocycles. The number of rotatable bonds is 11. The van der Waals surface area contributed by atoms with Crippen LogP contribution in [0.3, 0.4) is 0 Å². The molecular formula is C43H61NO15. The third-order valence-corrected chi connectivity index (χ3v) is 12.6. The zero-order valence-electron chi connectivity index (χ0n) is 35.8. The molecule has 16 heteroatoms. The maximum absolute atomic E-state index is 14.4. The van der Waals surface area contributed by atoms with E-state index in [4.69, 9.17) is 28.4 Å². The fraction of sp³-hybridized carbons (Fsp3) is 0.698. The third kappa shape index (κ3) is 8.35. The monoisotopic (exact) mass is 831 g/mol. The zero-order chi connectivity index (χ0) is 44.2. The topological polar surface area (TPSA) is 234 Å². The zero-order valence-corrected chi connectivity index (χ0v) is 35.8. The van der Waals surface area contributed by atoms with Gasteiger partial charge in [-0.25, -0.2) is 14.4 Å². The molecule has 12 atom stereocenters. The van der Waals surface area contributed by atoms with E-state index in [1.54, 1.807) is 45.9 Å². The second kappa shape index (κ2) is 16.4. The van der Waals surface area contributed by atoms with Gasteiger partial charge in [0.1, 0.15) is 30.0 Å². The van der Waals surface area contributed by atoms with Crippen LogP contribution in [-0.2, 0) is 42.8 Å². The number of carbonyl (C=O) groups is 5. The minimum absolute atomic E-state index is 0.0500. The number of aliphatic hydroxyl groups is 4. The van der Waals surface area contributed by atoms with E-state index in [1.165, 1.54) is 39.8 Å². The Bertz CT molecular complexity index is 1820. The first kappa shape index (κ1) is 46.0. The Hall–Kier alpha value is -4.09. The number of amides is 1. The summed E-state index contributed by atoms with van der Waals surface area (Å²) < 4.78 is 36.0. The van der Waals surface area contributed by atoms with Crippen molar-refractivity contribution < 1.29 is 72.8 Å². The summed E-state index contributed by atoms with van der Waals surface area (Å²) >= 11 is 0. The highest BCUT2D eigenvalue weighted by Crippen LogP contribution is 2.68. The molecule has 5 rings (SSSR count). The van der Waals surface area contributed by atoms with Gasteiger partial charge < -0.3 is 54.2 Å². The van der Waals surface area contributed by atoms with Crippen LogP contribution in [-0.4, -0.2) is 123 Å². The smallest absolute Gasteiger partial charge is 0.407 e. The van der Waals surface area contributed by atoms with Gasteiger partial charge in [0, 0.05) is 32.1 Å². The Morgan fingerprint density at radius 3 is 2.10 bits per heavy atom. The standard InChI is InChI=1S/C43H61NO15/c1-21(2)17-26(44-38(52)59-39(6,7)8)31(48)37(51)56-27-19-42(40(9,10)53)30(22(27)3)32(55-23(4)45)34(49)41(11)28(47)18-29-43(20-54-29,58-24(5)46)33(41)35(42)57-36(50)25-15-13-12-14-16-25/h12-16,21,26-29,31-35,47-49,53H,17-20H2,1-11H3,(H,44,52)/t26-,27-,28-,29+,31?,32-,33-,34-,35-,41+,42-,43-/m0/s1. The maximum atomic E-state index is 14.4. The van der Waals surface area contributed by atoms with E-state index in [-0.39, 0.29) is 48.5 Å². The van der Waals surface area contributed by atoms with Crippen LogP contribution in [0.15, 0.2) is 41.5 Å². The lowest BCUT2D eigenvalue weighted by atomic mass is 9.49. The van der Waals surface area contributed by atoms with Crippen LogP contribution in [0.25, 0.3) is 0 Å². The molecule has 0 aromatic heterocycles. The van der Waals surface area contributed by atoms with Crippen molar-refractivity contribution in [1.29, 1.82) is 0 Å². The summed E-state index contributed by atoms with van der Waals surface area (Å²) in [5.74, 6) is -5.05. The summed E-state index contributed by atoms with van der Waals surface area (Å²) in [6.07, 6.45) is -11.9.